The predicted molar refractivity (Wildman–Crippen MR) is 93.3 cm³/mol. The maximum Gasteiger partial charge on any atom is 0.275 e. The number of amidine groups is 1. The number of nitrogens with one attached hydrogen (secondary N) is 1. The first-order valence-electron chi connectivity index (χ1n) is 6.36. The van der Waals surface area contributed by atoms with Crippen molar-refractivity contribution in [2.24, 2.45) is 4.99 Å². The summed E-state index contributed by atoms with van der Waals surface area (Å²) in [5, 5.41) is 3.77. The fourth-order valence-electron chi connectivity index (χ4n) is 1.98. The SMILES string of the molecule is O=C1NC(c2ccc(Br)cc2)=NC1=Cc1ccc(Cl)cc1Cl. The van der Waals surface area contributed by atoms with E-state index in [-0.39, 0.29) is 5.91 Å². The smallest absolute Gasteiger partial charge is 0.275 e. The van der Waals surface area contributed by atoms with Crippen molar-refractivity contribution in [2.75, 3.05) is 0 Å². The Bertz CT molecular complexity index is 813. The fraction of sp³-hybridized carbons (Fsp3) is 0. The van der Waals surface area contributed by atoms with Crippen molar-refractivity contribution in [2.45, 2.75) is 0 Å². The lowest BCUT2D eigenvalue weighted by atomic mass is 10.2. The molecule has 0 radical (unpaired) electrons. The van der Waals surface area contributed by atoms with E-state index in [1.165, 1.54) is 0 Å². The first-order valence-corrected chi connectivity index (χ1v) is 7.90. The van der Waals surface area contributed by atoms with E-state index in [4.69, 9.17) is 23.2 Å². The summed E-state index contributed by atoms with van der Waals surface area (Å²) in [5.74, 6) is 0.262. The van der Waals surface area contributed by atoms with E-state index in [2.05, 4.69) is 26.2 Å². The zero-order valence-electron chi connectivity index (χ0n) is 11.1. The normalized spacial score (nSPS) is 15.9. The molecule has 0 saturated carbocycles. The zero-order valence-corrected chi connectivity index (χ0v) is 14.2. The lowest BCUT2D eigenvalue weighted by molar-refractivity contribution is -0.115. The van der Waals surface area contributed by atoms with Crippen molar-refractivity contribution in [1.82, 2.24) is 5.32 Å². The van der Waals surface area contributed by atoms with Gasteiger partial charge in [0.05, 0.1) is 0 Å². The molecule has 0 bridgehead atoms. The van der Waals surface area contributed by atoms with E-state index < -0.39 is 0 Å². The molecule has 1 heterocycles. The second-order valence-corrected chi connectivity index (χ2v) is 6.38. The monoisotopic (exact) mass is 394 g/mol. The predicted octanol–water partition coefficient (Wildman–Crippen LogP) is 4.67. The highest BCUT2D eigenvalue weighted by Gasteiger charge is 2.21. The zero-order chi connectivity index (χ0) is 15.7. The molecule has 0 unspecified atom stereocenters. The number of carbonyl (C=O) groups is 1. The van der Waals surface area contributed by atoms with E-state index in [1.54, 1.807) is 24.3 Å². The Balaban J connectivity index is 1.95. The number of rotatable bonds is 2. The summed E-state index contributed by atoms with van der Waals surface area (Å²) in [7, 11) is 0. The summed E-state index contributed by atoms with van der Waals surface area (Å²) in [6.07, 6.45) is 1.64. The Kier molecular flexibility index (Phi) is 4.34. The number of hydrogen-bond acceptors (Lipinski definition) is 2. The molecule has 0 atom stereocenters. The van der Waals surface area contributed by atoms with Crippen LogP contribution in [0.2, 0.25) is 10.0 Å². The molecular formula is C16H9BrCl2N2O. The van der Waals surface area contributed by atoms with E-state index in [1.807, 2.05) is 24.3 Å². The summed E-state index contributed by atoms with van der Waals surface area (Å²) in [4.78, 5) is 16.4. The average molecular weight is 396 g/mol. The van der Waals surface area contributed by atoms with Gasteiger partial charge in [0.1, 0.15) is 11.5 Å². The summed E-state index contributed by atoms with van der Waals surface area (Å²) in [6, 6.07) is 12.6. The number of aliphatic imine (C=N–C) groups is 1. The van der Waals surface area contributed by atoms with Crippen LogP contribution < -0.4 is 5.32 Å². The number of nitrogens with zero attached hydrogens (tertiary/aromatic N) is 1. The Morgan fingerprint density at radius 1 is 1.09 bits per heavy atom. The number of benzene rings is 2. The van der Waals surface area contributed by atoms with Gasteiger partial charge in [-0.3, -0.25) is 4.79 Å². The molecule has 1 N–H and O–H groups in total. The van der Waals surface area contributed by atoms with Crippen LogP contribution in [0.1, 0.15) is 11.1 Å². The van der Waals surface area contributed by atoms with Gasteiger partial charge in [-0.25, -0.2) is 4.99 Å². The molecule has 0 aromatic heterocycles. The summed E-state index contributed by atoms with van der Waals surface area (Å²) in [6.45, 7) is 0. The van der Waals surface area contributed by atoms with Gasteiger partial charge in [-0.15, -0.1) is 0 Å². The topological polar surface area (TPSA) is 41.5 Å². The minimum atomic E-state index is -0.260. The van der Waals surface area contributed by atoms with Gasteiger partial charge in [0.15, 0.2) is 0 Å². The van der Waals surface area contributed by atoms with E-state index in [0.717, 1.165) is 10.0 Å². The summed E-state index contributed by atoms with van der Waals surface area (Å²) >= 11 is 15.3. The van der Waals surface area contributed by atoms with Crippen LogP contribution in [0.3, 0.4) is 0 Å². The van der Waals surface area contributed by atoms with Crippen LogP contribution in [-0.2, 0) is 4.79 Å². The van der Waals surface area contributed by atoms with Crippen molar-refractivity contribution < 1.29 is 4.79 Å². The van der Waals surface area contributed by atoms with Crippen LogP contribution in [-0.4, -0.2) is 11.7 Å². The number of amides is 1. The molecule has 0 spiro atoms. The second-order valence-electron chi connectivity index (χ2n) is 4.62. The van der Waals surface area contributed by atoms with Gasteiger partial charge in [-0.05, 0) is 35.9 Å². The molecule has 1 aliphatic rings. The lowest BCUT2D eigenvalue weighted by Crippen LogP contribution is -2.24. The van der Waals surface area contributed by atoms with Crippen LogP contribution in [0.4, 0.5) is 0 Å². The lowest BCUT2D eigenvalue weighted by Gasteiger charge is -1.99. The van der Waals surface area contributed by atoms with Crippen molar-refractivity contribution >= 4 is 57.0 Å². The molecule has 2 aromatic carbocycles. The standard InChI is InChI=1S/C16H9BrCl2N2O/c17-11-4-1-9(2-5-11)15-20-14(16(22)21-15)7-10-3-6-12(18)8-13(10)19/h1-8H,(H,20,21,22). The third kappa shape index (κ3) is 3.24. The minimum Gasteiger partial charge on any atom is -0.305 e. The number of halogens is 3. The van der Waals surface area contributed by atoms with Crippen LogP contribution >= 0.6 is 39.1 Å². The molecule has 110 valence electrons. The highest BCUT2D eigenvalue weighted by Crippen LogP contribution is 2.24. The third-order valence-corrected chi connectivity index (χ3v) is 4.16. The minimum absolute atomic E-state index is 0.260. The molecule has 3 rings (SSSR count). The van der Waals surface area contributed by atoms with Gasteiger partial charge in [-0.1, -0.05) is 57.3 Å². The van der Waals surface area contributed by atoms with Gasteiger partial charge in [-0.2, -0.15) is 0 Å². The molecule has 1 aliphatic heterocycles. The van der Waals surface area contributed by atoms with Crippen LogP contribution in [0.25, 0.3) is 6.08 Å². The summed E-state index contributed by atoms with van der Waals surface area (Å²) < 4.78 is 0.963. The Morgan fingerprint density at radius 3 is 2.50 bits per heavy atom. The van der Waals surface area contributed by atoms with Crippen LogP contribution in [0, 0.1) is 0 Å². The third-order valence-electron chi connectivity index (χ3n) is 3.07. The van der Waals surface area contributed by atoms with Gasteiger partial charge in [0.25, 0.3) is 5.91 Å². The maximum absolute atomic E-state index is 12.0. The molecule has 3 nitrogen and oxygen atoms in total. The fourth-order valence-corrected chi connectivity index (χ4v) is 2.71. The highest BCUT2D eigenvalue weighted by molar-refractivity contribution is 9.10. The van der Waals surface area contributed by atoms with E-state index in [9.17, 15) is 4.79 Å². The Morgan fingerprint density at radius 2 is 1.82 bits per heavy atom. The second kappa shape index (κ2) is 6.24. The molecule has 0 fully saturated rings. The molecule has 1 amide bonds. The molecule has 22 heavy (non-hydrogen) atoms. The summed E-state index contributed by atoms with van der Waals surface area (Å²) in [5.41, 5.74) is 1.83. The van der Waals surface area contributed by atoms with Gasteiger partial charge >= 0.3 is 0 Å². The van der Waals surface area contributed by atoms with Gasteiger partial charge < -0.3 is 5.32 Å². The Labute approximate surface area is 145 Å². The van der Waals surface area contributed by atoms with Gasteiger partial charge in [0.2, 0.25) is 0 Å². The quantitative estimate of drug-likeness (QED) is 0.737. The average Bonchev–Trinajstić information content (AvgIpc) is 2.84. The maximum atomic E-state index is 12.0. The first-order chi connectivity index (χ1) is 10.5. The van der Waals surface area contributed by atoms with Crippen molar-refractivity contribution in [3.63, 3.8) is 0 Å². The molecule has 0 aliphatic carbocycles. The molecule has 6 heteroatoms. The van der Waals surface area contributed by atoms with Crippen molar-refractivity contribution in [1.29, 1.82) is 0 Å². The number of carbonyl (C=O) groups excluding carboxylic acids is 1. The Hall–Kier alpha value is -1.62. The van der Waals surface area contributed by atoms with Crippen LogP contribution in [0.5, 0.6) is 0 Å². The molecule has 0 saturated heterocycles. The van der Waals surface area contributed by atoms with E-state index in [0.29, 0.717) is 27.1 Å². The molecular weight excluding hydrogens is 387 g/mol. The highest BCUT2D eigenvalue weighted by atomic mass is 79.9. The van der Waals surface area contributed by atoms with Crippen molar-refractivity contribution in [3.05, 3.63) is 73.8 Å². The number of hydrogen-bond donors (Lipinski definition) is 1. The van der Waals surface area contributed by atoms with Crippen LogP contribution in [0.15, 0.2) is 57.6 Å². The first kappa shape index (κ1) is 15.3. The largest absolute Gasteiger partial charge is 0.305 e. The van der Waals surface area contributed by atoms with E-state index >= 15 is 0 Å². The molecule has 2 aromatic rings. The van der Waals surface area contributed by atoms with Crippen molar-refractivity contribution in [3.8, 4) is 0 Å². The van der Waals surface area contributed by atoms with Gasteiger partial charge in [0, 0.05) is 20.1 Å².